The van der Waals surface area contributed by atoms with Gasteiger partial charge in [-0.25, -0.2) is 9.97 Å². The van der Waals surface area contributed by atoms with E-state index >= 15 is 0 Å². The first-order chi connectivity index (χ1) is 13.7. The summed E-state index contributed by atoms with van der Waals surface area (Å²) in [6.45, 7) is 2.16. The first kappa shape index (κ1) is 16.7. The van der Waals surface area contributed by atoms with Gasteiger partial charge in [-0.3, -0.25) is 0 Å². The minimum Gasteiger partial charge on any atom is -0.618 e. The van der Waals surface area contributed by atoms with E-state index in [1.165, 1.54) is 24.9 Å². The molecule has 2 aliphatic rings. The maximum atomic E-state index is 12.7. The van der Waals surface area contributed by atoms with Gasteiger partial charge in [0.25, 0.3) is 0 Å². The summed E-state index contributed by atoms with van der Waals surface area (Å²) in [5.74, 6) is 0.240. The maximum absolute atomic E-state index is 12.7. The van der Waals surface area contributed by atoms with Crippen LogP contribution in [0.4, 0.5) is 11.6 Å². The van der Waals surface area contributed by atoms with E-state index in [0.29, 0.717) is 11.1 Å². The monoisotopic (exact) mass is 371 g/mol. The number of anilines is 2. The fraction of sp³-hybridized carbons (Fsp3) is 0.227. The maximum Gasteiger partial charge on any atom is 0.238 e. The van der Waals surface area contributed by atoms with Crippen LogP contribution in [0.2, 0.25) is 0 Å². The third kappa shape index (κ3) is 2.78. The van der Waals surface area contributed by atoms with E-state index in [4.69, 9.17) is 5.73 Å². The highest BCUT2D eigenvalue weighted by atomic mass is 16.5. The van der Waals surface area contributed by atoms with Gasteiger partial charge in [0.1, 0.15) is 5.22 Å². The van der Waals surface area contributed by atoms with Crippen LogP contribution >= 0.6 is 0 Å². The largest absolute Gasteiger partial charge is 0.618 e. The van der Waals surface area contributed by atoms with Gasteiger partial charge in [-0.05, 0) is 55.7 Å². The van der Waals surface area contributed by atoms with Crippen molar-refractivity contribution in [3.8, 4) is 11.3 Å². The molecule has 2 aliphatic heterocycles. The van der Waals surface area contributed by atoms with Crippen LogP contribution < -0.4 is 25.9 Å². The molecule has 1 fully saturated rings. The molecule has 0 spiro atoms. The van der Waals surface area contributed by atoms with Crippen LogP contribution in [0, 0.1) is 5.21 Å². The van der Waals surface area contributed by atoms with Gasteiger partial charge >= 0.3 is 0 Å². The molecule has 1 saturated heterocycles. The average Bonchev–Trinajstić information content (AvgIpc) is 2.74. The Morgan fingerprint density at radius 3 is 2.64 bits per heavy atom. The van der Waals surface area contributed by atoms with Crippen LogP contribution in [0.5, 0.6) is 0 Å². The number of fused-ring (bicyclic) bond motifs is 1. The summed E-state index contributed by atoms with van der Waals surface area (Å²) in [6, 6.07) is 15.9. The van der Waals surface area contributed by atoms with Crippen molar-refractivity contribution in [3.63, 3.8) is 0 Å². The number of benzene rings is 2. The molecule has 0 bridgehead atoms. The van der Waals surface area contributed by atoms with Crippen molar-refractivity contribution < 1.29 is 0 Å². The molecular weight excluding hydrogens is 350 g/mol. The van der Waals surface area contributed by atoms with E-state index in [1.54, 1.807) is 6.20 Å². The molecular formula is C22H21N5O. The van der Waals surface area contributed by atoms with Crippen LogP contribution in [0.15, 0.2) is 54.7 Å². The Balaban J connectivity index is 1.58. The quantitative estimate of drug-likeness (QED) is 0.562. The smallest absolute Gasteiger partial charge is 0.238 e. The van der Waals surface area contributed by atoms with Crippen molar-refractivity contribution >= 4 is 17.3 Å². The van der Waals surface area contributed by atoms with Crippen LogP contribution in [0.1, 0.15) is 24.8 Å². The predicted octanol–water partition coefficient (Wildman–Crippen LogP) is 1.88. The molecule has 2 aromatic carbocycles. The van der Waals surface area contributed by atoms with Crippen molar-refractivity contribution in [2.75, 3.05) is 23.7 Å². The van der Waals surface area contributed by atoms with Gasteiger partial charge in [-0.15, -0.1) is 0 Å². The number of rotatable bonds is 3. The number of aromatic nitrogens is 2. The molecule has 0 atom stereocenters. The molecule has 0 unspecified atom stereocenters. The molecule has 5 rings (SSSR count). The summed E-state index contributed by atoms with van der Waals surface area (Å²) >= 11 is 0. The molecule has 2 N–H and O–H groups in total. The van der Waals surface area contributed by atoms with Crippen LogP contribution in [0.25, 0.3) is 17.0 Å². The normalized spacial score (nSPS) is 15.9. The number of hydrogen-bond donors (Lipinski definition) is 1. The first-order valence-corrected chi connectivity index (χ1v) is 9.63. The minimum absolute atomic E-state index is 0.240. The van der Waals surface area contributed by atoms with E-state index in [1.807, 2.05) is 36.4 Å². The summed E-state index contributed by atoms with van der Waals surface area (Å²) in [5, 5.41) is 14.3. The molecule has 6 heteroatoms. The number of piperidine rings is 1. The highest BCUT2D eigenvalue weighted by Crippen LogP contribution is 2.24. The minimum atomic E-state index is 0.240. The van der Waals surface area contributed by atoms with Gasteiger partial charge in [-0.1, -0.05) is 6.07 Å². The van der Waals surface area contributed by atoms with E-state index in [-0.39, 0.29) is 5.95 Å². The third-order valence-electron chi connectivity index (χ3n) is 5.48. The second kappa shape index (κ2) is 6.64. The van der Waals surface area contributed by atoms with Gasteiger partial charge in [0, 0.05) is 36.6 Å². The lowest BCUT2D eigenvalue weighted by Gasteiger charge is -2.29. The Kier molecular flexibility index (Phi) is 3.97. The Morgan fingerprint density at radius 1 is 0.964 bits per heavy atom. The second-order valence-corrected chi connectivity index (χ2v) is 7.27. The summed E-state index contributed by atoms with van der Waals surface area (Å²) in [7, 11) is 0. The molecule has 140 valence electrons. The topological polar surface area (TPSA) is 81.1 Å². The van der Waals surface area contributed by atoms with Crippen molar-refractivity contribution in [2.24, 2.45) is 0 Å². The molecule has 6 nitrogen and oxygen atoms in total. The van der Waals surface area contributed by atoms with Crippen molar-refractivity contribution in [1.82, 2.24) is 14.7 Å². The summed E-state index contributed by atoms with van der Waals surface area (Å²) in [6.07, 6.45) is 5.39. The highest BCUT2D eigenvalue weighted by Gasteiger charge is 2.25. The van der Waals surface area contributed by atoms with Gasteiger partial charge in [0.15, 0.2) is 0 Å². The zero-order valence-corrected chi connectivity index (χ0v) is 15.5. The third-order valence-corrected chi connectivity index (χ3v) is 5.48. The number of nitrogens with two attached hydrogens (primary N) is 1. The molecule has 28 heavy (non-hydrogen) atoms. The Bertz CT molecular complexity index is 1180. The zero-order valence-electron chi connectivity index (χ0n) is 15.5. The molecule has 3 aromatic rings. The summed E-state index contributed by atoms with van der Waals surface area (Å²) < 4.78 is 1.02. The number of hydrogen-bond acceptors (Lipinski definition) is 5. The number of hydroxylamine groups is 1. The van der Waals surface area contributed by atoms with Gasteiger partial charge in [-0.2, -0.15) is 4.74 Å². The number of nitrogen functional groups attached to an aromatic ring is 1. The van der Waals surface area contributed by atoms with Crippen LogP contribution in [-0.4, -0.2) is 23.1 Å². The lowest BCUT2D eigenvalue weighted by molar-refractivity contribution is 0.578. The predicted molar refractivity (Wildman–Crippen MR) is 111 cm³/mol. The standard InChI is InChI=1S/C22H21N5O/c23-22-24-10-9-19(25-22)15-7-8-20-18(14-15)21(27(20)28)16-5-4-6-17(13-16)26-11-2-1-3-12-26/h4-10,13-14H,1-3,11-12H2,(H2,23,24,25). The molecule has 0 aliphatic carbocycles. The summed E-state index contributed by atoms with van der Waals surface area (Å²) in [4.78, 5) is 10.6. The number of nitrogens with zero attached hydrogens (tertiary/aromatic N) is 4. The van der Waals surface area contributed by atoms with Gasteiger partial charge in [0.05, 0.1) is 11.3 Å². The highest BCUT2D eigenvalue weighted by molar-refractivity contribution is 5.73. The van der Waals surface area contributed by atoms with Crippen molar-refractivity contribution in [3.05, 3.63) is 76.1 Å². The molecule has 3 heterocycles. The Morgan fingerprint density at radius 2 is 1.82 bits per heavy atom. The molecule has 0 radical (unpaired) electrons. The fourth-order valence-corrected chi connectivity index (χ4v) is 4.05. The lowest BCUT2D eigenvalue weighted by Crippen LogP contribution is -2.49. The SMILES string of the molecule is Nc1nccc(-c2ccc3c(c2)=C(c2cccc(N4CCCCC4)c2)[N+]=3[O-])n1. The Labute approximate surface area is 162 Å². The molecule has 1 aromatic heterocycles. The average molecular weight is 371 g/mol. The van der Waals surface area contributed by atoms with Crippen LogP contribution in [-0.2, 0) is 0 Å². The lowest BCUT2D eigenvalue weighted by atomic mass is 10.0. The van der Waals surface area contributed by atoms with Crippen LogP contribution in [0.3, 0.4) is 0 Å². The van der Waals surface area contributed by atoms with Crippen molar-refractivity contribution in [1.29, 1.82) is 0 Å². The van der Waals surface area contributed by atoms with E-state index in [9.17, 15) is 5.21 Å². The fourth-order valence-electron chi connectivity index (χ4n) is 4.05. The zero-order chi connectivity index (χ0) is 19.1. The van der Waals surface area contributed by atoms with E-state index < -0.39 is 0 Å². The Hall–Kier alpha value is -3.41. The van der Waals surface area contributed by atoms with Gasteiger partial charge < -0.3 is 15.8 Å². The summed E-state index contributed by atoms with van der Waals surface area (Å²) in [5.41, 5.74) is 10.2. The molecule has 0 amide bonds. The van der Waals surface area contributed by atoms with Crippen molar-refractivity contribution in [2.45, 2.75) is 19.3 Å². The van der Waals surface area contributed by atoms with E-state index in [2.05, 4.69) is 27.0 Å². The first-order valence-electron chi connectivity index (χ1n) is 9.63. The molecule has 0 saturated carbocycles. The van der Waals surface area contributed by atoms with E-state index in [0.717, 1.165) is 39.9 Å². The second-order valence-electron chi connectivity index (χ2n) is 7.27. The van der Waals surface area contributed by atoms with Gasteiger partial charge in [0.2, 0.25) is 17.0 Å².